The number of amides is 1. The smallest absolute Gasteiger partial charge is 0.223 e. The molecule has 0 spiro atoms. The molecule has 1 fully saturated rings. The van der Waals surface area contributed by atoms with Crippen molar-refractivity contribution >= 4 is 5.91 Å². The van der Waals surface area contributed by atoms with Gasteiger partial charge >= 0.3 is 0 Å². The third-order valence-corrected chi connectivity index (χ3v) is 3.68. The molecule has 1 aliphatic heterocycles. The molecule has 1 aromatic rings. The van der Waals surface area contributed by atoms with E-state index < -0.39 is 0 Å². The molecule has 0 aliphatic carbocycles. The zero-order chi connectivity index (χ0) is 13.8. The fourth-order valence-electron chi connectivity index (χ4n) is 2.58. The Kier molecular flexibility index (Phi) is 4.53. The van der Waals surface area contributed by atoms with Gasteiger partial charge in [0.1, 0.15) is 5.82 Å². The van der Waals surface area contributed by atoms with Gasteiger partial charge in [-0.25, -0.2) is 4.39 Å². The predicted molar refractivity (Wildman–Crippen MR) is 71.4 cm³/mol. The molecule has 1 heterocycles. The average Bonchev–Trinajstić information content (AvgIpc) is 2.72. The van der Waals surface area contributed by atoms with Crippen molar-refractivity contribution in [2.75, 3.05) is 26.8 Å². The number of carbonyl (C=O) groups is 1. The topological polar surface area (TPSA) is 29.5 Å². The maximum absolute atomic E-state index is 13.2. The van der Waals surface area contributed by atoms with Crippen LogP contribution in [0.5, 0.6) is 0 Å². The molecular formula is C15H20FNO2. The average molecular weight is 265 g/mol. The van der Waals surface area contributed by atoms with E-state index in [9.17, 15) is 9.18 Å². The maximum Gasteiger partial charge on any atom is 0.223 e. The Labute approximate surface area is 113 Å². The van der Waals surface area contributed by atoms with Crippen LogP contribution in [0.3, 0.4) is 0 Å². The van der Waals surface area contributed by atoms with E-state index in [0.717, 1.165) is 24.1 Å². The van der Waals surface area contributed by atoms with Crippen molar-refractivity contribution in [3.05, 3.63) is 35.1 Å². The number of rotatable bonds is 5. The van der Waals surface area contributed by atoms with Gasteiger partial charge < -0.3 is 9.64 Å². The zero-order valence-electron chi connectivity index (χ0n) is 11.5. The predicted octanol–water partition coefficient (Wildman–Crippen LogP) is 2.17. The molecule has 1 atom stereocenters. The Balaban J connectivity index is 1.97. The van der Waals surface area contributed by atoms with E-state index in [4.69, 9.17) is 4.74 Å². The van der Waals surface area contributed by atoms with E-state index >= 15 is 0 Å². The third-order valence-electron chi connectivity index (χ3n) is 3.68. The van der Waals surface area contributed by atoms with Crippen molar-refractivity contribution in [1.82, 2.24) is 4.90 Å². The van der Waals surface area contributed by atoms with E-state index in [0.29, 0.717) is 19.6 Å². The molecule has 0 bridgehead atoms. The lowest BCUT2D eigenvalue weighted by atomic mass is 9.95. The minimum Gasteiger partial charge on any atom is -0.383 e. The lowest BCUT2D eigenvalue weighted by Crippen LogP contribution is -2.28. The summed E-state index contributed by atoms with van der Waals surface area (Å²) in [6.45, 7) is 3.94. The number of nitrogens with zero attached hydrogens (tertiary/aromatic N) is 1. The molecule has 0 saturated carbocycles. The van der Waals surface area contributed by atoms with Crippen LogP contribution in [-0.2, 0) is 16.0 Å². The first kappa shape index (κ1) is 14.0. The van der Waals surface area contributed by atoms with Crippen molar-refractivity contribution < 1.29 is 13.9 Å². The summed E-state index contributed by atoms with van der Waals surface area (Å²) in [5.74, 6) is 0.252. The largest absolute Gasteiger partial charge is 0.383 e. The van der Waals surface area contributed by atoms with Crippen molar-refractivity contribution in [2.24, 2.45) is 5.92 Å². The highest BCUT2D eigenvalue weighted by molar-refractivity contribution is 5.78. The normalized spacial score (nSPS) is 19.2. The molecule has 0 radical (unpaired) electrons. The fraction of sp³-hybridized carbons (Fsp3) is 0.533. The molecule has 0 aromatic heterocycles. The number of carbonyl (C=O) groups excluding carboxylic acids is 1. The van der Waals surface area contributed by atoms with Gasteiger partial charge in [-0.3, -0.25) is 4.79 Å². The molecule has 1 saturated heterocycles. The lowest BCUT2D eigenvalue weighted by molar-refractivity contribution is -0.128. The summed E-state index contributed by atoms with van der Waals surface area (Å²) in [5, 5.41) is 0. The van der Waals surface area contributed by atoms with Crippen molar-refractivity contribution in [3.8, 4) is 0 Å². The summed E-state index contributed by atoms with van der Waals surface area (Å²) in [5.41, 5.74) is 2.09. The molecule has 4 heteroatoms. The first-order valence-electron chi connectivity index (χ1n) is 6.62. The standard InChI is InChI=1S/C15H20FNO2/c1-11-3-4-14(16)9-13(11)7-12-8-15(18)17(10-12)5-6-19-2/h3-4,9,12H,5-8,10H2,1-2H3. The monoisotopic (exact) mass is 265 g/mol. The van der Waals surface area contributed by atoms with E-state index in [2.05, 4.69) is 0 Å². The van der Waals surface area contributed by atoms with Crippen LogP contribution in [0.15, 0.2) is 18.2 Å². The quantitative estimate of drug-likeness (QED) is 0.816. The summed E-state index contributed by atoms with van der Waals surface area (Å²) in [7, 11) is 1.63. The molecule has 1 unspecified atom stereocenters. The van der Waals surface area contributed by atoms with Crippen molar-refractivity contribution in [1.29, 1.82) is 0 Å². The SMILES string of the molecule is COCCN1CC(Cc2cc(F)ccc2C)CC1=O. The minimum absolute atomic E-state index is 0.177. The van der Waals surface area contributed by atoms with E-state index in [1.807, 2.05) is 11.8 Å². The first-order chi connectivity index (χ1) is 9.10. The van der Waals surface area contributed by atoms with Crippen LogP contribution in [0.1, 0.15) is 17.5 Å². The number of ether oxygens (including phenoxy) is 1. The maximum atomic E-state index is 13.2. The van der Waals surface area contributed by atoms with Crippen LogP contribution < -0.4 is 0 Å². The number of aryl methyl sites for hydroxylation is 1. The number of benzene rings is 1. The van der Waals surface area contributed by atoms with Gasteiger partial charge in [0, 0.05) is 26.6 Å². The van der Waals surface area contributed by atoms with Crippen LogP contribution in [0.25, 0.3) is 0 Å². The minimum atomic E-state index is -0.207. The Morgan fingerprint density at radius 2 is 2.26 bits per heavy atom. The van der Waals surface area contributed by atoms with Crippen LogP contribution in [-0.4, -0.2) is 37.6 Å². The van der Waals surface area contributed by atoms with Gasteiger partial charge in [0.25, 0.3) is 0 Å². The van der Waals surface area contributed by atoms with Gasteiger partial charge in [0.2, 0.25) is 5.91 Å². The highest BCUT2D eigenvalue weighted by Crippen LogP contribution is 2.23. The molecule has 19 heavy (non-hydrogen) atoms. The molecule has 1 aliphatic rings. The summed E-state index contributed by atoms with van der Waals surface area (Å²) >= 11 is 0. The van der Waals surface area contributed by atoms with Gasteiger partial charge in [-0.1, -0.05) is 6.07 Å². The number of hydrogen-bond acceptors (Lipinski definition) is 2. The van der Waals surface area contributed by atoms with Crippen molar-refractivity contribution in [2.45, 2.75) is 19.8 Å². The molecule has 3 nitrogen and oxygen atoms in total. The molecular weight excluding hydrogens is 245 g/mol. The van der Waals surface area contributed by atoms with E-state index in [1.54, 1.807) is 19.2 Å². The molecule has 104 valence electrons. The molecule has 0 N–H and O–H groups in total. The Morgan fingerprint density at radius 3 is 3.00 bits per heavy atom. The van der Waals surface area contributed by atoms with Crippen molar-refractivity contribution in [3.63, 3.8) is 0 Å². The van der Waals surface area contributed by atoms with Gasteiger partial charge in [-0.2, -0.15) is 0 Å². The summed E-state index contributed by atoms with van der Waals surface area (Å²) in [4.78, 5) is 13.7. The number of halogens is 1. The van der Waals surface area contributed by atoms with E-state index in [1.165, 1.54) is 6.07 Å². The highest BCUT2D eigenvalue weighted by atomic mass is 19.1. The van der Waals surface area contributed by atoms with Gasteiger partial charge in [-0.05, 0) is 42.5 Å². The van der Waals surface area contributed by atoms with Gasteiger partial charge in [0.15, 0.2) is 0 Å². The van der Waals surface area contributed by atoms with Gasteiger partial charge in [0.05, 0.1) is 6.61 Å². The van der Waals surface area contributed by atoms with Crippen LogP contribution in [0.2, 0.25) is 0 Å². The van der Waals surface area contributed by atoms with Crippen LogP contribution in [0, 0.1) is 18.7 Å². The second kappa shape index (κ2) is 6.15. The molecule has 1 amide bonds. The fourth-order valence-corrected chi connectivity index (χ4v) is 2.58. The Hall–Kier alpha value is -1.42. The highest BCUT2D eigenvalue weighted by Gasteiger charge is 2.29. The summed E-state index contributed by atoms with van der Waals surface area (Å²) in [6, 6.07) is 4.85. The summed E-state index contributed by atoms with van der Waals surface area (Å²) < 4.78 is 18.2. The number of likely N-dealkylation sites (tertiary alicyclic amines) is 1. The van der Waals surface area contributed by atoms with E-state index in [-0.39, 0.29) is 17.6 Å². The Bertz CT molecular complexity index is 461. The molecule has 1 aromatic carbocycles. The lowest BCUT2D eigenvalue weighted by Gasteiger charge is -2.16. The van der Waals surface area contributed by atoms with Crippen LogP contribution >= 0.6 is 0 Å². The summed E-state index contributed by atoms with van der Waals surface area (Å²) in [6.07, 6.45) is 1.32. The number of methoxy groups -OCH3 is 1. The second-order valence-corrected chi connectivity index (χ2v) is 5.18. The third kappa shape index (κ3) is 3.53. The Morgan fingerprint density at radius 1 is 1.47 bits per heavy atom. The van der Waals surface area contributed by atoms with Crippen LogP contribution in [0.4, 0.5) is 4.39 Å². The zero-order valence-corrected chi connectivity index (χ0v) is 11.5. The van der Waals surface area contributed by atoms with Gasteiger partial charge in [-0.15, -0.1) is 0 Å². The second-order valence-electron chi connectivity index (χ2n) is 5.18. The first-order valence-corrected chi connectivity index (χ1v) is 6.62. The number of hydrogen-bond donors (Lipinski definition) is 0. The molecule has 2 rings (SSSR count).